The van der Waals surface area contributed by atoms with E-state index >= 15 is 0 Å². The third-order valence-corrected chi connectivity index (χ3v) is 13.3. The van der Waals surface area contributed by atoms with Crippen LogP contribution in [0.15, 0.2) is 36.4 Å². The maximum atomic E-state index is 13.3. The number of rotatable bonds is 7. The number of aryl methyl sites for hydroxylation is 2. The molecule has 2 aromatic rings. The molecule has 0 saturated heterocycles. The average molecular weight is 601 g/mol. The van der Waals surface area contributed by atoms with Crippen LogP contribution in [0.3, 0.4) is 0 Å². The van der Waals surface area contributed by atoms with E-state index in [0.29, 0.717) is 5.56 Å². The zero-order valence-corrected chi connectivity index (χ0v) is 26.6. The first-order valence-electron chi connectivity index (χ1n) is 13.7. The van der Waals surface area contributed by atoms with E-state index in [1.165, 1.54) is 0 Å². The molecule has 0 aliphatic heterocycles. The highest BCUT2D eigenvalue weighted by molar-refractivity contribution is 6.74. The predicted molar refractivity (Wildman–Crippen MR) is 155 cm³/mol. The number of aliphatic hydroxyl groups is 1. The summed E-state index contributed by atoms with van der Waals surface area (Å²) in [5, 5.41) is 9.99. The Balaban J connectivity index is 2.51. The number of benzene rings is 2. The smallest absolute Gasteiger partial charge is 0.406 e. The van der Waals surface area contributed by atoms with Crippen molar-refractivity contribution in [2.24, 2.45) is 5.41 Å². The van der Waals surface area contributed by atoms with Crippen LogP contribution >= 0.6 is 0 Å². The second-order valence-electron chi connectivity index (χ2n) is 12.5. The Bertz CT molecular complexity index is 1270. The first-order chi connectivity index (χ1) is 18.5. The van der Waals surface area contributed by atoms with E-state index in [-0.39, 0.29) is 22.9 Å². The third-order valence-electron chi connectivity index (χ3n) is 8.95. The molecular weight excluding hydrogens is 558 g/mol. The second-order valence-corrected chi connectivity index (χ2v) is 17.3. The van der Waals surface area contributed by atoms with Gasteiger partial charge in [0.05, 0.1) is 0 Å². The van der Waals surface area contributed by atoms with Gasteiger partial charge >= 0.3 is 12.4 Å². The summed E-state index contributed by atoms with van der Waals surface area (Å²) >= 11 is 0. The molecular formula is C32H42F6O2Si. The molecule has 0 aliphatic rings. The molecule has 41 heavy (non-hydrogen) atoms. The van der Waals surface area contributed by atoms with Gasteiger partial charge in [0.25, 0.3) is 0 Å². The van der Waals surface area contributed by atoms with Crippen LogP contribution in [0.4, 0.5) is 26.3 Å². The lowest BCUT2D eigenvalue weighted by molar-refractivity contribution is -0.352. The Morgan fingerprint density at radius 1 is 0.805 bits per heavy atom. The molecule has 2 rings (SSSR count). The van der Waals surface area contributed by atoms with Crippen molar-refractivity contribution in [1.82, 2.24) is 0 Å². The second kappa shape index (κ2) is 11.7. The molecule has 1 unspecified atom stereocenters. The zero-order valence-electron chi connectivity index (χ0n) is 25.6. The summed E-state index contributed by atoms with van der Waals surface area (Å²) in [7, 11) is -2.04. The van der Waals surface area contributed by atoms with Gasteiger partial charge in [0.15, 0.2) is 5.41 Å². The number of halogens is 6. The largest absolute Gasteiger partial charge is 0.543 e. The van der Waals surface area contributed by atoms with Crippen LogP contribution < -0.4 is 4.43 Å². The SMILES string of the molecule is CCC(CC)(c1ccc(C#CC(O)C(C)(C(F)(F)F)C(F)(F)F)c(C)c1)c1ccc(O[Si](C)(C)C(C)(C)C)c(C)c1. The highest BCUT2D eigenvalue weighted by Crippen LogP contribution is 2.52. The molecule has 9 heteroatoms. The normalized spacial score (nSPS) is 14.4. The molecule has 0 saturated carbocycles. The van der Waals surface area contributed by atoms with Crippen LogP contribution in [0.5, 0.6) is 5.75 Å². The molecule has 0 bridgehead atoms. The fraction of sp³-hybridized carbons (Fsp3) is 0.562. The van der Waals surface area contributed by atoms with E-state index in [1.807, 2.05) is 25.0 Å². The Hall–Kier alpha value is -2.44. The Labute approximate surface area is 241 Å². The van der Waals surface area contributed by atoms with Crippen LogP contribution in [0, 0.1) is 31.1 Å². The van der Waals surface area contributed by atoms with Crippen molar-refractivity contribution < 1.29 is 35.9 Å². The summed E-state index contributed by atoms with van der Waals surface area (Å²) in [6, 6.07) is 11.5. The van der Waals surface area contributed by atoms with Crippen molar-refractivity contribution in [1.29, 1.82) is 0 Å². The molecule has 0 amide bonds. The zero-order chi connectivity index (χ0) is 31.8. The van der Waals surface area contributed by atoms with Crippen LogP contribution in [-0.2, 0) is 5.41 Å². The quantitative estimate of drug-likeness (QED) is 0.195. The number of aliphatic hydroxyl groups excluding tert-OH is 1. The summed E-state index contributed by atoms with van der Waals surface area (Å²) < 4.78 is 86.4. The van der Waals surface area contributed by atoms with Gasteiger partial charge in [-0.3, -0.25) is 0 Å². The van der Waals surface area contributed by atoms with Gasteiger partial charge in [-0.2, -0.15) is 26.3 Å². The Kier molecular flexibility index (Phi) is 9.90. The van der Waals surface area contributed by atoms with Crippen LogP contribution in [0.25, 0.3) is 0 Å². The molecule has 0 radical (unpaired) electrons. The highest BCUT2D eigenvalue weighted by atomic mass is 28.4. The lowest BCUT2D eigenvalue weighted by Crippen LogP contribution is -2.55. The molecule has 0 fully saturated rings. The van der Waals surface area contributed by atoms with Crippen LogP contribution in [0.2, 0.25) is 18.1 Å². The van der Waals surface area contributed by atoms with Gasteiger partial charge in [-0.15, -0.1) is 0 Å². The lowest BCUT2D eigenvalue weighted by Gasteiger charge is -2.38. The molecule has 1 atom stereocenters. The summed E-state index contributed by atoms with van der Waals surface area (Å²) in [6.45, 7) is 18.7. The van der Waals surface area contributed by atoms with Gasteiger partial charge in [0, 0.05) is 11.0 Å². The van der Waals surface area contributed by atoms with E-state index in [4.69, 9.17) is 4.43 Å². The first kappa shape index (κ1) is 34.8. The standard InChI is InChI=1S/C32H42F6O2Si/c1-11-30(12-2,25-16-17-26(22(4)20-25)40-41(9,10)28(5,6)7)24-15-13-23(21(3)19-24)14-18-27(39)29(8,31(33,34)35)32(36,37)38/h13,15-17,19-20,27,39H,11-12H2,1-10H3. The van der Waals surface area contributed by atoms with Crippen LogP contribution in [0.1, 0.15) is 82.2 Å². The minimum absolute atomic E-state index is 0.0467. The summed E-state index contributed by atoms with van der Waals surface area (Å²) in [4.78, 5) is 0. The van der Waals surface area contributed by atoms with Gasteiger partial charge in [0.2, 0.25) is 8.32 Å². The molecule has 1 N–H and O–H groups in total. The monoisotopic (exact) mass is 600 g/mol. The molecule has 2 aromatic carbocycles. The van der Waals surface area contributed by atoms with Crippen molar-refractivity contribution in [2.45, 2.75) is 110 Å². The minimum Gasteiger partial charge on any atom is -0.543 e. The van der Waals surface area contributed by atoms with Crippen molar-refractivity contribution in [2.75, 3.05) is 0 Å². The Morgan fingerprint density at radius 3 is 1.66 bits per heavy atom. The topological polar surface area (TPSA) is 29.5 Å². The van der Waals surface area contributed by atoms with E-state index in [2.05, 4.69) is 65.8 Å². The molecule has 2 nitrogen and oxygen atoms in total. The van der Waals surface area contributed by atoms with Gasteiger partial charge < -0.3 is 9.53 Å². The van der Waals surface area contributed by atoms with Crippen molar-refractivity contribution in [3.63, 3.8) is 0 Å². The van der Waals surface area contributed by atoms with Crippen LogP contribution in [-0.4, -0.2) is 31.9 Å². The van der Waals surface area contributed by atoms with E-state index in [1.54, 1.807) is 19.1 Å². The Morgan fingerprint density at radius 2 is 1.27 bits per heavy atom. The fourth-order valence-corrected chi connectivity index (χ4v) is 5.67. The molecule has 228 valence electrons. The molecule has 0 heterocycles. The van der Waals surface area contributed by atoms with E-state index in [9.17, 15) is 31.4 Å². The van der Waals surface area contributed by atoms with E-state index in [0.717, 1.165) is 35.3 Å². The highest BCUT2D eigenvalue weighted by Gasteiger charge is 2.71. The van der Waals surface area contributed by atoms with Gasteiger partial charge in [-0.1, -0.05) is 70.7 Å². The maximum absolute atomic E-state index is 13.3. The predicted octanol–water partition coefficient (Wildman–Crippen LogP) is 9.64. The van der Waals surface area contributed by atoms with Crippen molar-refractivity contribution >= 4 is 8.32 Å². The molecule has 0 aromatic heterocycles. The number of alkyl halides is 6. The molecule has 0 aliphatic carbocycles. The van der Waals surface area contributed by atoms with Gasteiger partial charge in [-0.05, 0) is 86.1 Å². The summed E-state index contributed by atoms with van der Waals surface area (Å²) in [5.74, 6) is 5.02. The average Bonchev–Trinajstić information content (AvgIpc) is 2.83. The minimum atomic E-state index is -5.73. The maximum Gasteiger partial charge on any atom is 0.406 e. The lowest BCUT2D eigenvalue weighted by atomic mass is 9.70. The number of hydrogen-bond donors (Lipinski definition) is 1. The summed E-state index contributed by atoms with van der Waals surface area (Å²) in [6.07, 6.45) is -12.9. The first-order valence-corrected chi connectivity index (χ1v) is 16.6. The van der Waals surface area contributed by atoms with Crippen molar-refractivity contribution in [3.8, 4) is 17.6 Å². The fourth-order valence-electron chi connectivity index (χ4n) is 4.59. The van der Waals surface area contributed by atoms with E-state index < -0.39 is 32.2 Å². The van der Waals surface area contributed by atoms with Crippen molar-refractivity contribution in [3.05, 3.63) is 64.2 Å². The van der Waals surface area contributed by atoms with Gasteiger partial charge in [0.1, 0.15) is 11.9 Å². The third kappa shape index (κ3) is 6.64. The summed E-state index contributed by atoms with van der Waals surface area (Å²) in [5.41, 5.74) is -0.871. The number of hydrogen-bond acceptors (Lipinski definition) is 2. The molecule has 0 spiro atoms. The van der Waals surface area contributed by atoms with Gasteiger partial charge in [-0.25, -0.2) is 0 Å².